The Morgan fingerprint density at radius 2 is 1.80 bits per heavy atom. The molecule has 1 amide bonds. The van der Waals surface area contributed by atoms with Crippen LogP contribution in [0.2, 0.25) is 0 Å². The SMILES string of the molecule is CN/C(=C(/C)N)c1cnc2c3ccc(N4CCC(C(=O)N(C)C)CC4)nc3n(CC3CCOCC3)c2c1.Fc1ccccc1. The zero-order valence-electron chi connectivity index (χ0n) is 26.2. The van der Waals surface area contributed by atoms with Crippen LogP contribution in [0.25, 0.3) is 27.8 Å². The van der Waals surface area contributed by atoms with E-state index in [0.717, 1.165) is 103 Å². The summed E-state index contributed by atoms with van der Waals surface area (Å²) in [6.07, 6.45) is 5.69. The highest BCUT2D eigenvalue weighted by Crippen LogP contribution is 2.33. The number of ether oxygens (including phenoxy) is 1. The van der Waals surface area contributed by atoms with Crippen LogP contribution in [0, 0.1) is 17.7 Å². The highest BCUT2D eigenvalue weighted by molar-refractivity contribution is 6.05. The first kappa shape index (κ1) is 31.3. The number of piperidine rings is 1. The number of aromatic nitrogens is 3. The van der Waals surface area contributed by atoms with Gasteiger partial charge in [0.25, 0.3) is 0 Å². The maximum absolute atomic E-state index is 12.4. The molecule has 3 aromatic heterocycles. The van der Waals surface area contributed by atoms with Crippen LogP contribution in [0.5, 0.6) is 0 Å². The quantitative estimate of drug-likeness (QED) is 0.321. The third-order valence-electron chi connectivity index (χ3n) is 8.59. The van der Waals surface area contributed by atoms with Gasteiger partial charge in [-0.05, 0) is 68.9 Å². The number of carbonyl (C=O) groups excluding carboxylic acids is 1. The number of rotatable bonds is 6. The number of halogens is 1. The average Bonchev–Trinajstić information content (AvgIpc) is 3.34. The molecule has 4 aromatic rings. The molecule has 44 heavy (non-hydrogen) atoms. The molecule has 0 saturated carbocycles. The van der Waals surface area contributed by atoms with Crippen molar-refractivity contribution in [3.8, 4) is 0 Å². The monoisotopic (exact) mass is 601 g/mol. The standard InChI is InChI=1S/C28H39N7O2.C6H5F/c1-18(29)25(30-2)21-15-23-26(31-16-21)22-5-6-24(34-11-7-20(8-12-34)28(36)33(3)4)32-27(22)35(23)17-19-9-13-37-14-10-19;7-6-4-2-1-3-5-6/h5-6,15-16,19-20,30H,7-14,17,29H2,1-4H3;1-5H/b25-18-;. The summed E-state index contributed by atoms with van der Waals surface area (Å²) in [6.45, 7) is 6.06. The second kappa shape index (κ2) is 14.1. The first-order valence-electron chi connectivity index (χ1n) is 15.4. The largest absolute Gasteiger partial charge is 0.401 e. The summed E-state index contributed by atoms with van der Waals surface area (Å²) in [5.74, 6) is 1.64. The second-order valence-electron chi connectivity index (χ2n) is 11.9. The molecule has 3 N–H and O–H groups in total. The molecular weight excluding hydrogens is 557 g/mol. The molecule has 2 fully saturated rings. The van der Waals surface area contributed by atoms with Crippen LogP contribution < -0.4 is 16.0 Å². The number of hydrogen-bond acceptors (Lipinski definition) is 7. The van der Waals surface area contributed by atoms with Crippen molar-refractivity contribution in [2.45, 2.75) is 39.2 Å². The number of hydrogen-bond donors (Lipinski definition) is 2. The molecule has 10 heteroatoms. The van der Waals surface area contributed by atoms with Gasteiger partial charge in [-0.3, -0.25) is 9.78 Å². The van der Waals surface area contributed by atoms with Crippen LogP contribution >= 0.6 is 0 Å². The number of fused-ring (bicyclic) bond motifs is 3. The van der Waals surface area contributed by atoms with Gasteiger partial charge in [0.1, 0.15) is 17.3 Å². The van der Waals surface area contributed by atoms with Gasteiger partial charge in [0.2, 0.25) is 5.91 Å². The summed E-state index contributed by atoms with van der Waals surface area (Å²) in [7, 11) is 5.56. The van der Waals surface area contributed by atoms with Gasteiger partial charge in [-0.1, -0.05) is 18.2 Å². The lowest BCUT2D eigenvalue weighted by Crippen LogP contribution is -2.40. The van der Waals surface area contributed by atoms with Gasteiger partial charge in [-0.2, -0.15) is 0 Å². The Balaban J connectivity index is 0.000000484. The normalized spacial score (nSPS) is 16.8. The van der Waals surface area contributed by atoms with Crippen molar-refractivity contribution in [3.63, 3.8) is 0 Å². The Bertz CT molecular complexity index is 1600. The van der Waals surface area contributed by atoms with Gasteiger partial charge < -0.3 is 30.2 Å². The molecule has 5 heterocycles. The molecule has 0 spiro atoms. The van der Waals surface area contributed by atoms with E-state index in [4.69, 9.17) is 20.4 Å². The highest BCUT2D eigenvalue weighted by atomic mass is 19.1. The molecule has 0 unspecified atom stereocenters. The van der Waals surface area contributed by atoms with Crippen LogP contribution in [0.4, 0.5) is 10.2 Å². The Labute approximate surface area is 258 Å². The minimum absolute atomic E-state index is 0.0954. The molecule has 2 aliphatic heterocycles. The van der Waals surface area contributed by atoms with Crippen LogP contribution in [0.3, 0.4) is 0 Å². The number of nitrogens with two attached hydrogens (primary N) is 1. The van der Waals surface area contributed by atoms with Crippen LogP contribution in [0.15, 0.2) is 60.4 Å². The van der Waals surface area contributed by atoms with Crippen molar-refractivity contribution in [1.29, 1.82) is 0 Å². The predicted octanol–water partition coefficient (Wildman–Crippen LogP) is 5.01. The van der Waals surface area contributed by atoms with Crippen molar-refractivity contribution in [2.24, 2.45) is 17.6 Å². The van der Waals surface area contributed by atoms with E-state index in [1.54, 1.807) is 23.1 Å². The fraction of sp³-hybridized carbons (Fsp3) is 0.441. The minimum atomic E-state index is -0.178. The zero-order chi connectivity index (χ0) is 31.2. The Kier molecular flexibility index (Phi) is 9.99. The highest BCUT2D eigenvalue weighted by Gasteiger charge is 2.27. The third-order valence-corrected chi connectivity index (χ3v) is 8.59. The summed E-state index contributed by atoms with van der Waals surface area (Å²) in [5, 5.41) is 4.29. The number of allylic oxidation sites excluding steroid dienone is 1. The van der Waals surface area contributed by atoms with Crippen molar-refractivity contribution in [1.82, 2.24) is 24.8 Å². The summed E-state index contributed by atoms with van der Waals surface area (Å²) >= 11 is 0. The lowest BCUT2D eigenvalue weighted by molar-refractivity contribution is -0.133. The van der Waals surface area contributed by atoms with E-state index in [9.17, 15) is 9.18 Å². The smallest absolute Gasteiger partial charge is 0.225 e. The van der Waals surface area contributed by atoms with E-state index in [-0.39, 0.29) is 17.6 Å². The number of nitrogens with zero attached hydrogens (tertiary/aromatic N) is 5. The van der Waals surface area contributed by atoms with E-state index in [2.05, 4.69) is 33.0 Å². The molecule has 234 valence electrons. The van der Waals surface area contributed by atoms with Crippen LogP contribution in [-0.2, 0) is 16.1 Å². The van der Waals surface area contributed by atoms with Crippen LogP contribution in [0.1, 0.15) is 38.2 Å². The summed E-state index contributed by atoms with van der Waals surface area (Å²) < 4.78 is 19.9. The maximum Gasteiger partial charge on any atom is 0.225 e. The van der Waals surface area contributed by atoms with E-state index in [1.165, 1.54) is 12.1 Å². The van der Waals surface area contributed by atoms with Crippen LogP contribution in [-0.4, -0.2) is 72.8 Å². The molecule has 0 aliphatic carbocycles. The van der Waals surface area contributed by atoms with Gasteiger partial charge in [0.15, 0.2) is 0 Å². The van der Waals surface area contributed by atoms with E-state index in [0.29, 0.717) is 5.92 Å². The molecule has 2 aliphatic rings. The Hall–Kier alpha value is -4.18. The van der Waals surface area contributed by atoms with Gasteiger partial charge in [-0.25, -0.2) is 9.37 Å². The Morgan fingerprint density at radius 1 is 1.09 bits per heavy atom. The maximum atomic E-state index is 12.4. The fourth-order valence-electron chi connectivity index (χ4n) is 6.20. The molecule has 1 aromatic carbocycles. The van der Waals surface area contributed by atoms with Gasteiger partial charge in [0.05, 0.1) is 16.7 Å². The van der Waals surface area contributed by atoms with E-state index in [1.807, 2.05) is 34.3 Å². The number of nitrogens with one attached hydrogen (secondary N) is 1. The molecule has 0 radical (unpaired) electrons. The first-order valence-corrected chi connectivity index (χ1v) is 15.4. The molecule has 0 bridgehead atoms. The van der Waals surface area contributed by atoms with Gasteiger partial charge in [-0.15, -0.1) is 0 Å². The van der Waals surface area contributed by atoms with Gasteiger partial charge in [0, 0.05) is 82.8 Å². The van der Waals surface area contributed by atoms with Gasteiger partial charge >= 0.3 is 0 Å². The summed E-state index contributed by atoms with van der Waals surface area (Å²) in [6, 6.07) is 14.4. The molecular formula is C34H44FN7O2. The van der Waals surface area contributed by atoms with Crippen molar-refractivity contribution < 1.29 is 13.9 Å². The van der Waals surface area contributed by atoms with E-state index < -0.39 is 0 Å². The number of amides is 1. The third kappa shape index (κ3) is 6.96. The molecule has 6 rings (SSSR count). The number of benzene rings is 1. The summed E-state index contributed by atoms with van der Waals surface area (Å²) in [4.78, 5) is 26.6. The molecule has 9 nitrogen and oxygen atoms in total. The first-order chi connectivity index (χ1) is 21.3. The fourth-order valence-corrected chi connectivity index (χ4v) is 6.20. The zero-order valence-corrected chi connectivity index (χ0v) is 26.2. The predicted molar refractivity (Wildman–Crippen MR) is 174 cm³/mol. The number of carbonyl (C=O) groups is 1. The van der Waals surface area contributed by atoms with Crippen molar-refractivity contribution >= 4 is 39.5 Å². The van der Waals surface area contributed by atoms with Crippen molar-refractivity contribution in [3.05, 3.63) is 71.8 Å². The topological polar surface area (TPSA) is 102 Å². The van der Waals surface area contributed by atoms with Crippen molar-refractivity contribution in [2.75, 3.05) is 52.3 Å². The lowest BCUT2D eigenvalue weighted by Gasteiger charge is -2.33. The Morgan fingerprint density at radius 3 is 2.39 bits per heavy atom. The summed E-state index contributed by atoms with van der Waals surface area (Å²) in [5.41, 5.74) is 11.8. The average molecular weight is 602 g/mol. The lowest BCUT2D eigenvalue weighted by atomic mass is 9.95. The number of pyridine rings is 2. The minimum Gasteiger partial charge on any atom is -0.401 e. The number of anilines is 1. The van der Waals surface area contributed by atoms with E-state index >= 15 is 0 Å². The molecule has 2 saturated heterocycles. The second-order valence-corrected chi connectivity index (χ2v) is 11.9. The molecule has 0 atom stereocenters.